The van der Waals surface area contributed by atoms with Crippen molar-refractivity contribution in [3.63, 3.8) is 0 Å². The van der Waals surface area contributed by atoms with Crippen LogP contribution in [0.3, 0.4) is 0 Å². The molecule has 228 valence electrons. The largest absolute Gasteiger partial charge is 0.497 e. The van der Waals surface area contributed by atoms with E-state index in [0.717, 1.165) is 5.56 Å². The number of benzene rings is 2. The van der Waals surface area contributed by atoms with E-state index in [1.807, 2.05) is 44.2 Å². The topological polar surface area (TPSA) is 151 Å². The average molecular weight is 612 g/mol. The Kier molecular flexibility index (Phi) is 12.1. The summed E-state index contributed by atoms with van der Waals surface area (Å²) in [7, 11) is -6.21. The lowest BCUT2D eigenvalue weighted by molar-refractivity contribution is -0.121. The van der Waals surface area contributed by atoms with Gasteiger partial charge in [-0.2, -0.15) is 4.31 Å². The number of rotatable bonds is 16. The summed E-state index contributed by atoms with van der Waals surface area (Å²) < 4.78 is 65.9. The van der Waals surface area contributed by atoms with Crippen LogP contribution in [0.25, 0.3) is 0 Å². The molecule has 0 radical (unpaired) electrons. The highest BCUT2D eigenvalue weighted by Gasteiger charge is 2.32. The van der Waals surface area contributed by atoms with E-state index in [-0.39, 0.29) is 42.0 Å². The van der Waals surface area contributed by atoms with E-state index in [9.17, 15) is 26.7 Å². The molecular weight excluding hydrogens is 570 g/mol. The number of amides is 1. The zero-order valence-corrected chi connectivity index (χ0v) is 25.4. The number of aliphatic hydroxyl groups is 1. The number of nitrogens with zero attached hydrogens (tertiary/aromatic N) is 1. The highest BCUT2D eigenvalue weighted by Crippen LogP contribution is 2.22. The van der Waals surface area contributed by atoms with Crippen molar-refractivity contribution < 1.29 is 36.2 Å². The predicted octanol–water partition coefficient (Wildman–Crippen LogP) is 1.39. The fourth-order valence-electron chi connectivity index (χ4n) is 4.58. The fourth-order valence-corrected chi connectivity index (χ4v) is 7.55. The standard InChI is InChI=1S/C28H41N3O8S2/c1-21(2)17-31(41(36,37)25-11-9-24(38-3)10-12-25)18-27(32)26(15-22-7-5-4-6-8-22)30-28(33)16-29-40(34,35)20-23-13-14-39-19-23/h4-12,21,23,26-27,29,32H,13-20H2,1-3H3,(H,30,33)/t23-,26+,27-/m1/s1. The SMILES string of the molecule is COc1ccc(S(=O)(=O)N(CC(C)C)C[C@@H](O)[C@H](Cc2ccccc2)NC(=O)CNS(=O)(=O)C[C@@H]2CCOC2)cc1. The van der Waals surface area contributed by atoms with Crippen molar-refractivity contribution in [3.8, 4) is 5.75 Å². The minimum atomic E-state index is -3.99. The van der Waals surface area contributed by atoms with Crippen LogP contribution in [-0.2, 0) is 36.0 Å². The summed E-state index contributed by atoms with van der Waals surface area (Å²) in [6.07, 6.45) is -0.443. The lowest BCUT2D eigenvalue weighted by Crippen LogP contribution is -2.52. The van der Waals surface area contributed by atoms with E-state index in [0.29, 0.717) is 25.4 Å². The minimum Gasteiger partial charge on any atom is -0.497 e. The molecule has 0 saturated carbocycles. The zero-order valence-electron chi connectivity index (χ0n) is 23.7. The molecule has 0 aliphatic carbocycles. The third-order valence-electron chi connectivity index (χ3n) is 6.70. The second-order valence-corrected chi connectivity index (χ2v) is 14.4. The van der Waals surface area contributed by atoms with Crippen LogP contribution in [-0.4, -0.2) is 90.0 Å². The summed E-state index contributed by atoms with van der Waals surface area (Å²) in [5.74, 6) is -0.425. The molecule has 1 aliphatic heterocycles. The van der Waals surface area contributed by atoms with Gasteiger partial charge >= 0.3 is 0 Å². The van der Waals surface area contributed by atoms with Crippen molar-refractivity contribution in [2.45, 2.75) is 43.7 Å². The number of aliphatic hydroxyl groups excluding tert-OH is 1. The van der Waals surface area contributed by atoms with Crippen LogP contribution >= 0.6 is 0 Å². The summed E-state index contributed by atoms with van der Waals surface area (Å²) in [5.41, 5.74) is 0.812. The number of hydrogen-bond donors (Lipinski definition) is 3. The van der Waals surface area contributed by atoms with Gasteiger partial charge in [-0.3, -0.25) is 4.79 Å². The van der Waals surface area contributed by atoms with Crippen LogP contribution < -0.4 is 14.8 Å². The molecule has 3 N–H and O–H groups in total. The van der Waals surface area contributed by atoms with Gasteiger partial charge in [0.1, 0.15) is 5.75 Å². The summed E-state index contributed by atoms with van der Waals surface area (Å²) in [6, 6.07) is 14.2. The number of hydrogen-bond acceptors (Lipinski definition) is 8. The summed E-state index contributed by atoms with van der Waals surface area (Å²) >= 11 is 0. The van der Waals surface area contributed by atoms with E-state index in [1.54, 1.807) is 12.1 Å². The Bertz CT molecular complexity index is 1310. The molecule has 0 bridgehead atoms. The van der Waals surface area contributed by atoms with Gasteiger partial charge in [-0.25, -0.2) is 21.6 Å². The number of carbonyl (C=O) groups is 1. The number of methoxy groups -OCH3 is 1. The molecule has 13 heteroatoms. The molecule has 0 unspecified atom stereocenters. The molecule has 0 spiro atoms. The molecule has 1 aliphatic rings. The smallest absolute Gasteiger partial charge is 0.243 e. The predicted molar refractivity (Wildman–Crippen MR) is 155 cm³/mol. The highest BCUT2D eigenvalue weighted by atomic mass is 32.2. The molecule has 2 aromatic rings. The third kappa shape index (κ3) is 10.3. The molecule has 1 fully saturated rings. The lowest BCUT2D eigenvalue weighted by atomic mass is 10.0. The number of sulfonamides is 2. The monoisotopic (exact) mass is 611 g/mol. The van der Waals surface area contributed by atoms with Crippen molar-refractivity contribution in [1.82, 2.24) is 14.3 Å². The quantitative estimate of drug-likeness (QED) is 0.258. The van der Waals surface area contributed by atoms with Crippen LogP contribution in [0.15, 0.2) is 59.5 Å². The Morgan fingerprint density at radius 3 is 2.34 bits per heavy atom. The second kappa shape index (κ2) is 15.1. The zero-order chi connectivity index (χ0) is 30.0. The van der Waals surface area contributed by atoms with Gasteiger partial charge in [0.15, 0.2) is 0 Å². The normalized spacial score (nSPS) is 17.5. The molecular formula is C28H41N3O8S2. The van der Waals surface area contributed by atoms with Crippen molar-refractivity contribution in [3.05, 3.63) is 60.2 Å². The first-order valence-corrected chi connectivity index (χ1v) is 16.7. The Hall–Kier alpha value is -2.55. The van der Waals surface area contributed by atoms with Crippen LogP contribution in [0, 0.1) is 11.8 Å². The molecule has 11 nitrogen and oxygen atoms in total. The Morgan fingerprint density at radius 1 is 1.07 bits per heavy atom. The highest BCUT2D eigenvalue weighted by molar-refractivity contribution is 7.89. The van der Waals surface area contributed by atoms with Gasteiger partial charge in [0.05, 0.1) is 43.1 Å². The first kappa shape index (κ1) is 33.0. The molecule has 2 aromatic carbocycles. The summed E-state index contributed by atoms with van der Waals surface area (Å²) in [4.78, 5) is 12.9. The Labute approximate surface area is 243 Å². The number of carbonyl (C=O) groups excluding carboxylic acids is 1. The van der Waals surface area contributed by atoms with Gasteiger partial charge in [-0.1, -0.05) is 44.2 Å². The first-order valence-electron chi connectivity index (χ1n) is 13.6. The van der Waals surface area contributed by atoms with E-state index in [2.05, 4.69) is 10.0 Å². The maximum atomic E-state index is 13.6. The molecule has 1 heterocycles. The fraction of sp³-hybridized carbons (Fsp3) is 0.536. The first-order chi connectivity index (χ1) is 19.4. The second-order valence-electron chi connectivity index (χ2n) is 10.7. The van der Waals surface area contributed by atoms with E-state index in [1.165, 1.54) is 23.5 Å². The molecule has 1 amide bonds. The lowest BCUT2D eigenvalue weighted by Gasteiger charge is -2.31. The molecule has 3 atom stereocenters. The average Bonchev–Trinajstić information content (AvgIpc) is 3.44. The maximum Gasteiger partial charge on any atom is 0.243 e. The van der Waals surface area contributed by atoms with Gasteiger partial charge in [-0.05, 0) is 54.5 Å². The van der Waals surface area contributed by atoms with E-state index in [4.69, 9.17) is 9.47 Å². The Balaban J connectivity index is 1.75. The molecule has 0 aromatic heterocycles. The maximum absolute atomic E-state index is 13.6. The van der Waals surface area contributed by atoms with Crippen LogP contribution in [0.1, 0.15) is 25.8 Å². The molecule has 41 heavy (non-hydrogen) atoms. The third-order valence-corrected chi connectivity index (χ3v) is 10.0. The van der Waals surface area contributed by atoms with Crippen LogP contribution in [0.4, 0.5) is 0 Å². The van der Waals surface area contributed by atoms with E-state index >= 15 is 0 Å². The minimum absolute atomic E-state index is 0.0444. The molecule has 3 rings (SSSR count). The van der Waals surface area contributed by atoms with Crippen LogP contribution in [0.5, 0.6) is 5.75 Å². The van der Waals surface area contributed by atoms with Crippen molar-refractivity contribution in [2.24, 2.45) is 11.8 Å². The van der Waals surface area contributed by atoms with Gasteiger partial charge in [-0.15, -0.1) is 0 Å². The van der Waals surface area contributed by atoms with Crippen LogP contribution in [0.2, 0.25) is 0 Å². The van der Waals surface area contributed by atoms with E-state index < -0.39 is 44.6 Å². The van der Waals surface area contributed by atoms with Gasteiger partial charge in [0, 0.05) is 19.7 Å². The summed E-state index contributed by atoms with van der Waals surface area (Å²) in [5, 5.41) is 14.0. The van der Waals surface area contributed by atoms with Crippen molar-refractivity contribution in [1.29, 1.82) is 0 Å². The number of nitrogens with one attached hydrogen (secondary N) is 2. The number of ether oxygens (including phenoxy) is 2. The molecule has 1 saturated heterocycles. The van der Waals surface area contributed by atoms with Gasteiger partial charge in [0.2, 0.25) is 26.0 Å². The Morgan fingerprint density at radius 2 is 1.76 bits per heavy atom. The van der Waals surface area contributed by atoms with Gasteiger partial charge in [0.25, 0.3) is 0 Å². The van der Waals surface area contributed by atoms with Gasteiger partial charge < -0.3 is 19.9 Å². The van der Waals surface area contributed by atoms with Crippen molar-refractivity contribution >= 4 is 26.0 Å². The van der Waals surface area contributed by atoms with Crippen molar-refractivity contribution in [2.75, 3.05) is 45.7 Å². The summed E-state index contributed by atoms with van der Waals surface area (Å²) in [6.45, 7) is 3.98.